The van der Waals surface area contributed by atoms with Crippen molar-refractivity contribution in [3.8, 4) is 5.69 Å². The number of anilines is 3. The van der Waals surface area contributed by atoms with Gasteiger partial charge in [0, 0.05) is 11.9 Å². The number of nitrogens with one attached hydrogen (secondary N) is 3. The number of carbonyl (C=O) groups excluding carboxylic acids is 2. The molecule has 3 rings (SSSR count). The Morgan fingerprint density at radius 1 is 1.18 bits per heavy atom. The molecule has 0 fully saturated rings. The Kier molecular flexibility index (Phi) is 7.34. The number of nitrogens with zero attached hydrogens (tertiary/aromatic N) is 3. The van der Waals surface area contributed by atoms with Gasteiger partial charge in [0.05, 0.1) is 11.9 Å². The van der Waals surface area contributed by atoms with Crippen molar-refractivity contribution in [3.05, 3.63) is 58.1 Å². The van der Waals surface area contributed by atoms with Crippen LogP contribution in [0, 0.1) is 5.92 Å². The number of aromatic amines is 1. The highest BCUT2D eigenvalue weighted by molar-refractivity contribution is 5.98. The molecule has 0 radical (unpaired) electrons. The van der Waals surface area contributed by atoms with E-state index in [4.69, 9.17) is 11.5 Å². The smallest absolute Gasteiger partial charge is 0.267 e. The Labute approximate surface area is 197 Å². The van der Waals surface area contributed by atoms with Crippen molar-refractivity contribution in [1.29, 1.82) is 0 Å². The van der Waals surface area contributed by atoms with Crippen molar-refractivity contribution in [3.63, 3.8) is 0 Å². The second-order valence-electron chi connectivity index (χ2n) is 8.78. The summed E-state index contributed by atoms with van der Waals surface area (Å²) in [5.41, 5.74) is 12.3. The highest BCUT2D eigenvalue weighted by atomic mass is 16.2. The molecule has 7 N–H and O–H groups in total. The standard InChI is InChI=1S/C23H30N8O3/c1-12(2)8-17(19(24)32)28-23-29-21(18(20(25)33)22(34)30-23)27-15-6-5-7-16(9-15)31-11-14(10-26-31)13(3)4/h5-7,9-13,17H,8H2,1-4H3,(H2,24,32)(H2,25,33)(H3,27,28,29,30,34). The maximum absolute atomic E-state index is 12.6. The fraction of sp³-hybridized carbons (Fsp3) is 0.348. The van der Waals surface area contributed by atoms with E-state index < -0.39 is 23.4 Å². The van der Waals surface area contributed by atoms with Crippen LogP contribution in [0.5, 0.6) is 0 Å². The fourth-order valence-corrected chi connectivity index (χ4v) is 3.38. The molecule has 1 unspecified atom stereocenters. The number of hydrogen-bond acceptors (Lipinski definition) is 7. The lowest BCUT2D eigenvalue weighted by Gasteiger charge is -2.18. The molecular formula is C23H30N8O3. The lowest BCUT2D eigenvalue weighted by atomic mass is 10.0. The Morgan fingerprint density at radius 2 is 1.91 bits per heavy atom. The Hall–Kier alpha value is -4.15. The average molecular weight is 467 g/mol. The first-order valence-corrected chi connectivity index (χ1v) is 11.0. The van der Waals surface area contributed by atoms with Gasteiger partial charge in [-0.1, -0.05) is 33.8 Å². The maximum atomic E-state index is 12.6. The van der Waals surface area contributed by atoms with Crippen molar-refractivity contribution in [2.45, 2.75) is 46.1 Å². The lowest BCUT2D eigenvalue weighted by Crippen LogP contribution is -2.38. The molecule has 11 heteroatoms. The minimum absolute atomic E-state index is 0.00763. The molecule has 2 amide bonds. The summed E-state index contributed by atoms with van der Waals surface area (Å²) in [7, 11) is 0. The molecule has 0 aliphatic rings. The summed E-state index contributed by atoms with van der Waals surface area (Å²) in [6.45, 7) is 8.04. The minimum atomic E-state index is -0.943. The molecule has 180 valence electrons. The molecule has 2 aromatic heterocycles. The molecular weight excluding hydrogens is 436 g/mol. The van der Waals surface area contributed by atoms with Gasteiger partial charge >= 0.3 is 0 Å². The molecule has 1 atom stereocenters. The largest absolute Gasteiger partial charge is 0.368 e. The fourth-order valence-electron chi connectivity index (χ4n) is 3.38. The van der Waals surface area contributed by atoms with Crippen LogP contribution >= 0.6 is 0 Å². The molecule has 34 heavy (non-hydrogen) atoms. The van der Waals surface area contributed by atoms with Crippen molar-refractivity contribution < 1.29 is 9.59 Å². The molecule has 1 aromatic carbocycles. The Bertz CT molecular complexity index is 1250. The highest BCUT2D eigenvalue weighted by Crippen LogP contribution is 2.22. The van der Waals surface area contributed by atoms with Crippen LogP contribution < -0.4 is 27.7 Å². The summed E-state index contributed by atoms with van der Waals surface area (Å²) in [6.07, 6.45) is 4.17. The predicted octanol–water partition coefficient (Wildman–Crippen LogP) is 2.23. The first kappa shape index (κ1) is 24.5. The normalized spacial score (nSPS) is 12.1. The van der Waals surface area contributed by atoms with E-state index in [0.717, 1.165) is 11.3 Å². The van der Waals surface area contributed by atoms with Crippen LogP contribution in [0.2, 0.25) is 0 Å². The van der Waals surface area contributed by atoms with Crippen LogP contribution in [0.4, 0.5) is 17.5 Å². The van der Waals surface area contributed by atoms with E-state index in [0.29, 0.717) is 18.0 Å². The lowest BCUT2D eigenvalue weighted by molar-refractivity contribution is -0.119. The molecule has 3 aromatic rings. The summed E-state index contributed by atoms with van der Waals surface area (Å²) < 4.78 is 1.73. The Balaban J connectivity index is 1.96. The van der Waals surface area contributed by atoms with E-state index in [2.05, 4.69) is 39.5 Å². The van der Waals surface area contributed by atoms with Crippen LogP contribution in [-0.4, -0.2) is 37.6 Å². The monoisotopic (exact) mass is 466 g/mol. The Morgan fingerprint density at radius 3 is 2.50 bits per heavy atom. The number of primary amides is 2. The zero-order valence-corrected chi connectivity index (χ0v) is 19.6. The third kappa shape index (κ3) is 5.80. The second-order valence-corrected chi connectivity index (χ2v) is 8.78. The third-order valence-electron chi connectivity index (χ3n) is 5.17. The summed E-state index contributed by atoms with van der Waals surface area (Å²) >= 11 is 0. The SMILES string of the molecule is CC(C)CC(Nc1nc(Nc2cccc(-n3cc(C(C)C)cn3)c2)c(C(N)=O)c(=O)[nH]1)C(N)=O. The topological polar surface area (TPSA) is 174 Å². The van der Waals surface area contributed by atoms with E-state index in [9.17, 15) is 14.4 Å². The van der Waals surface area contributed by atoms with E-state index in [1.54, 1.807) is 29.1 Å². The summed E-state index contributed by atoms with van der Waals surface area (Å²) in [4.78, 5) is 43.2. The minimum Gasteiger partial charge on any atom is -0.368 e. The zero-order valence-electron chi connectivity index (χ0n) is 19.6. The van der Waals surface area contributed by atoms with Crippen LogP contribution in [0.15, 0.2) is 41.5 Å². The van der Waals surface area contributed by atoms with Gasteiger partial charge in [-0.05, 0) is 42.0 Å². The van der Waals surface area contributed by atoms with Crippen LogP contribution in [0.1, 0.15) is 56.0 Å². The number of carbonyl (C=O) groups is 2. The molecule has 0 aliphatic heterocycles. The summed E-state index contributed by atoms with van der Waals surface area (Å²) in [5, 5.41) is 10.2. The van der Waals surface area contributed by atoms with Gasteiger partial charge in [-0.3, -0.25) is 19.4 Å². The van der Waals surface area contributed by atoms with E-state index in [1.807, 2.05) is 26.1 Å². The van der Waals surface area contributed by atoms with Gasteiger partial charge in [-0.15, -0.1) is 0 Å². The number of rotatable bonds is 10. The van der Waals surface area contributed by atoms with Crippen LogP contribution in [0.3, 0.4) is 0 Å². The van der Waals surface area contributed by atoms with Gasteiger partial charge in [0.25, 0.3) is 11.5 Å². The zero-order chi connectivity index (χ0) is 25.0. The number of benzene rings is 1. The second kappa shape index (κ2) is 10.2. The first-order chi connectivity index (χ1) is 16.0. The average Bonchev–Trinajstić information content (AvgIpc) is 3.23. The molecule has 0 saturated heterocycles. The van der Waals surface area contributed by atoms with E-state index in [-0.39, 0.29) is 23.2 Å². The molecule has 11 nitrogen and oxygen atoms in total. The van der Waals surface area contributed by atoms with Crippen molar-refractivity contribution in [2.24, 2.45) is 17.4 Å². The summed E-state index contributed by atoms with van der Waals surface area (Å²) in [5.74, 6) is -1.09. The van der Waals surface area contributed by atoms with E-state index >= 15 is 0 Å². The highest BCUT2D eigenvalue weighted by Gasteiger charge is 2.21. The van der Waals surface area contributed by atoms with Gasteiger partial charge in [0.1, 0.15) is 11.6 Å². The van der Waals surface area contributed by atoms with Gasteiger partial charge in [0.15, 0.2) is 5.82 Å². The maximum Gasteiger partial charge on any atom is 0.267 e. The van der Waals surface area contributed by atoms with Gasteiger partial charge in [-0.25, -0.2) is 4.68 Å². The molecule has 2 heterocycles. The van der Waals surface area contributed by atoms with Crippen molar-refractivity contribution >= 4 is 29.3 Å². The third-order valence-corrected chi connectivity index (χ3v) is 5.17. The van der Waals surface area contributed by atoms with E-state index in [1.165, 1.54) is 0 Å². The number of H-pyrrole nitrogens is 1. The number of amides is 2. The summed E-state index contributed by atoms with van der Waals surface area (Å²) in [6, 6.07) is 6.47. The molecule has 0 bridgehead atoms. The number of aromatic nitrogens is 4. The van der Waals surface area contributed by atoms with Gasteiger partial charge in [-0.2, -0.15) is 10.1 Å². The van der Waals surface area contributed by atoms with Crippen molar-refractivity contribution in [1.82, 2.24) is 19.7 Å². The van der Waals surface area contributed by atoms with Crippen molar-refractivity contribution in [2.75, 3.05) is 10.6 Å². The molecule has 0 spiro atoms. The quantitative estimate of drug-likeness (QED) is 0.304. The van der Waals surface area contributed by atoms with Crippen LogP contribution in [-0.2, 0) is 4.79 Å². The number of hydrogen-bond donors (Lipinski definition) is 5. The molecule has 0 saturated carbocycles. The van der Waals surface area contributed by atoms with Gasteiger partial charge < -0.3 is 22.1 Å². The first-order valence-electron chi connectivity index (χ1n) is 11.0. The predicted molar refractivity (Wildman–Crippen MR) is 130 cm³/mol. The van der Waals surface area contributed by atoms with Crippen LogP contribution in [0.25, 0.3) is 5.69 Å². The van der Waals surface area contributed by atoms with Gasteiger partial charge in [0.2, 0.25) is 11.9 Å². The molecule has 0 aliphatic carbocycles. The number of nitrogens with two attached hydrogens (primary N) is 2.